The van der Waals surface area contributed by atoms with Crippen LogP contribution in [0.1, 0.15) is 46.3 Å². The van der Waals surface area contributed by atoms with Crippen molar-refractivity contribution in [1.29, 1.82) is 0 Å². The molecule has 1 unspecified atom stereocenters. The van der Waals surface area contributed by atoms with E-state index in [9.17, 15) is 27.9 Å². The van der Waals surface area contributed by atoms with Gasteiger partial charge in [-0.25, -0.2) is 0 Å². The van der Waals surface area contributed by atoms with Gasteiger partial charge in [0.15, 0.2) is 6.10 Å². The van der Waals surface area contributed by atoms with Gasteiger partial charge in [0.05, 0.1) is 30.8 Å². The van der Waals surface area contributed by atoms with Crippen LogP contribution in [-0.4, -0.2) is 55.2 Å². The third-order valence-corrected chi connectivity index (χ3v) is 8.52. The lowest BCUT2D eigenvalue weighted by Gasteiger charge is -2.53. The normalized spacial score (nSPS) is 22.2. The van der Waals surface area contributed by atoms with E-state index in [1.54, 1.807) is 60.7 Å². The van der Waals surface area contributed by atoms with Crippen LogP contribution >= 0.6 is 0 Å². The second-order valence-corrected chi connectivity index (χ2v) is 11.0. The first-order valence-electron chi connectivity index (χ1n) is 13.9. The molecule has 9 heteroatoms. The fraction of sp³-hybridized carbons (Fsp3) is 0.375. The molecule has 3 fully saturated rings. The number of rotatable bonds is 9. The summed E-state index contributed by atoms with van der Waals surface area (Å²) in [5.41, 5.74) is -2.90. The molecular formula is C32H33F3N2O4. The van der Waals surface area contributed by atoms with Crippen LogP contribution in [0.4, 0.5) is 13.2 Å². The first-order chi connectivity index (χ1) is 19.6. The number of piperidine rings is 3. The second kappa shape index (κ2) is 11.7. The predicted octanol–water partition coefficient (Wildman–Crippen LogP) is 4.28. The minimum Gasteiger partial charge on any atom is -0.834 e. The molecule has 0 radical (unpaired) electrons. The first kappa shape index (κ1) is 28.8. The molecule has 3 saturated heterocycles. The van der Waals surface area contributed by atoms with Gasteiger partial charge in [-0.2, -0.15) is 13.2 Å². The molecule has 1 atom stereocenters. The van der Waals surface area contributed by atoms with Crippen LogP contribution in [0.5, 0.6) is 0 Å². The van der Waals surface area contributed by atoms with E-state index in [2.05, 4.69) is 5.32 Å². The van der Waals surface area contributed by atoms with E-state index >= 15 is 0 Å². The average Bonchev–Trinajstić information content (AvgIpc) is 3.00. The van der Waals surface area contributed by atoms with Crippen molar-refractivity contribution in [3.05, 3.63) is 107 Å². The maximum Gasteiger partial charge on any atom is 0.417 e. The molecule has 3 aromatic rings. The first-order valence-corrected chi connectivity index (χ1v) is 13.9. The Hall–Kier alpha value is -3.69. The minimum absolute atomic E-state index is 0.174. The number of alkyl halides is 3. The number of amides is 1. The van der Waals surface area contributed by atoms with Crippen molar-refractivity contribution in [1.82, 2.24) is 5.32 Å². The van der Waals surface area contributed by atoms with Crippen molar-refractivity contribution in [3.8, 4) is 0 Å². The van der Waals surface area contributed by atoms with Crippen molar-refractivity contribution in [2.45, 2.75) is 37.1 Å². The van der Waals surface area contributed by atoms with Crippen LogP contribution < -0.4 is 10.4 Å². The number of esters is 1. The monoisotopic (exact) mass is 566 g/mol. The summed E-state index contributed by atoms with van der Waals surface area (Å²) in [5, 5.41) is 16.9. The molecule has 0 aliphatic carbocycles. The topological polar surface area (TPSA) is 78.5 Å². The third-order valence-electron chi connectivity index (χ3n) is 8.52. The Morgan fingerprint density at radius 3 is 2.02 bits per heavy atom. The molecule has 1 N–H and O–H groups in total. The number of hydrogen-bond acceptors (Lipinski definition) is 4. The van der Waals surface area contributed by atoms with Gasteiger partial charge in [0, 0.05) is 37.3 Å². The zero-order valence-electron chi connectivity index (χ0n) is 22.6. The van der Waals surface area contributed by atoms with Crippen molar-refractivity contribution in [2.24, 2.45) is 5.92 Å². The molecule has 2 bridgehead atoms. The highest BCUT2D eigenvalue weighted by atomic mass is 19.4. The van der Waals surface area contributed by atoms with Crippen molar-refractivity contribution in [2.75, 3.05) is 32.7 Å². The summed E-state index contributed by atoms with van der Waals surface area (Å²) in [6, 6.07) is 21.8. The Morgan fingerprint density at radius 1 is 0.878 bits per heavy atom. The number of ether oxygens (including phenoxy) is 1. The van der Waals surface area contributed by atoms with Gasteiger partial charge in [-0.1, -0.05) is 72.8 Å². The van der Waals surface area contributed by atoms with E-state index in [4.69, 9.17) is 4.74 Å². The smallest absolute Gasteiger partial charge is 0.417 e. The molecule has 3 aromatic carbocycles. The zero-order chi connectivity index (χ0) is 29.1. The number of carbonyl (C=O) groups is 2. The molecule has 6 rings (SSSR count). The van der Waals surface area contributed by atoms with Crippen molar-refractivity contribution >= 4 is 11.9 Å². The molecule has 41 heavy (non-hydrogen) atoms. The van der Waals surface area contributed by atoms with E-state index in [1.165, 1.54) is 18.2 Å². The summed E-state index contributed by atoms with van der Waals surface area (Å²) in [7, 11) is 0. The van der Waals surface area contributed by atoms with Crippen LogP contribution in [0.25, 0.3) is 0 Å². The maximum absolute atomic E-state index is 14.3. The highest BCUT2D eigenvalue weighted by Gasteiger charge is 2.48. The lowest BCUT2D eigenvalue weighted by molar-refractivity contribution is -0.946. The number of halogens is 3. The predicted molar refractivity (Wildman–Crippen MR) is 144 cm³/mol. The number of hydrogen-bond donors (Lipinski definition) is 1. The molecule has 3 aliphatic heterocycles. The maximum atomic E-state index is 14.3. The molecule has 1 amide bonds. The van der Waals surface area contributed by atoms with Crippen LogP contribution in [0.15, 0.2) is 84.9 Å². The van der Waals surface area contributed by atoms with E-state index in [0.29, 0.717) is 35.1 Å². The second-order valence-electron chi connectivity index (χ2n) is 11.0. The van der Waals surface area contributed by atoms with Crippen LogP contribution in [-0.2, 0) is 21.3 Å². The number of nitrogens with zero attached hydrogens (tertiary/aromatic N) is 1. The fourth-order valence-corrected chi connectivity index (χ4v) is 6.28. The van der Waals surface area contributed by atoms with Gasteiger partial charge in [-0.15, -0.1) is 0 Å². The van der Waals surface area contributed by atoms with Gasteiger partial charge in [0.2, 0.25) is 0 Å². The standard InChI is InChI=1S/C32H33F3N2O4/c33-32(34,35)27-15-8-7-14-26(27)29(38)36-18-9-19-37-20-16-23(17-21-37)28(22-37)41-30(39)31(40,24-10-3-1-4-11-24)25-12-5-2-6-13-25/h1-8,10-15,23,28H,9,16-22H2,(H,36,38). The van der Waals surface area contributed by atoms with E-state index in [1.807, 2.05) is 0 Å². The summed E-state index contributed by atoms with van der Waals surface area (Å²) >= 11 is 0. The molecule has 216 valence electrons. The van der Waals surface area contributed by atoms with Crippen molar-refractivity contribution in [3.63, 3.8) is 0 Å². The Labute approximate surface area is 237 Å². The number of fused-ring (bicyclic) bond motifs is 3. The lowest BCUT2D eigenvalue weighted by Crippen LogP contribution is -2.65. The number of benzene rings is 3. The minimum atomic E-state index is -4.61. The highest BCUT2D eigenvalue weighted by Crippen LogP contribution is 2.38. The molecule has 3 heterocycles. The Bertz CT molecular complexity index is 1320. The van der Waals surface area contributed by atoms with E-state index < -0.39 is 40.9 Å². The summed E-state index contributed by atoms with van der Waals surface area (Å²) in [5.74, 6) is -1.40. The number of quaternary nitrogens is 1. The molecule has 0 aromatic heterocycles. The highest BCUT2D eigenvalue weighted by molar-refractivity contribution is 5.95. The number of nitrogens with one attached hydrogen (secondary N) is 1. The van der Waals surface area contributed by atoms with Gasteiger partial charge in [0.25, 0.3) is 5.91 Å². The van der Waals surface area contributed by atoms with Gasteiger partial charge >= 0.3 is 12.1 Å². The summed E-state index contributed by atoms with van der Waals surface area (Å²) in [6.07, 6.45) is -2.75. The largest absolute Gasteiger partial charge is 0.834 e. The van der Waals surface area contributed by atoms with Gasteiger partial charge in [-0.05, 0) is 23.3 Å². The Kier molecular flexibility index (Phi) is 8.20. The van der Waals surface area contributed by atoms with E-state index in [0.717, 1.165) is 32.0 Å². The third kappa shape index (κ3) is 6.01. The summed E-state index contributed by atoms with van der Waals surface area (Å²) < 4.78 is 46.6. The number of carbonyl (C=O) groups excluding carboxylic acids is 2. The molecular weight excluding hydrogens is 533 g/mol. The summed E-state index contributed by atoms with van der Waals surface area (Å²) in [6.45, 7) is 3.26. The van der Waals surface area contributed by atoms with E-state index in [-0.39, 0.29) is 12.5 Å². The zero-order valence-corrected chi connectivity index (χ0v) is 22.6. The Morgan fingerprint density at radius 2 is 1.44 bits per heavy atom. The van der Waals surface area contributed by atoms with Crippen molar-refractivity contribution < 1.29 is 37.1 Å². The quantitative estimate of drug-likeness (QED) is 0.238. The molecule has 6 nitrogen and oxygen atoms in total. The molecule has 0 saturated carbocycles. The molecule has 0 spiro atoms. The van der Waals surface area contributed by atoms with Crippen LogP contribution in [0.2, 0.25) is 0 Å². The van der Waals surface area contributed by atoms with Crippen LogP contribution in [0, 0.1) is 5.92 Å². The fourth-order valence-electron chi connectivity index (χ4n) is 6.28. The summed E-state index contributed by atoms with van der Waals surface area (Å²) in [4.78, 5) is 26.1. The van der Waals surface area contributed by atoms with Gasteiger partial charge in [0.1, 0.15) is 6.54 Å². The SMILES string of the molecule is O=C(NCCC[N+]12CCC(CC1)C(OC(=O)C([O-])(c1ccccc1)c1ccccc1)C2)c1ccccc1C(F)(F)F. The van der Waals surface area contributed by atoms with Crippen LogP contribution in [0.3, 0.4) is 0 Å². The van der Waals surface area contributed by atoms with Gasteiger partial charge < -0.3 is 19.6 Å². The molecule has 3 aliphatic rings. The lowest BCUT2D eigenvalue weighted by atomic mass is 9.82. The van der Waals surface area contributed by atoms with Gasteiger partial charge in [-0.3, -0.25) is 9.59 Å². The average molecular weight is 567 g/mol. The Balaban J connectivity index is 1.22.